The van der Waals surface area contributed by atoms with E-state index in [0.717, 1.165) is 5.13 Å². The summed E-state index contributed by atoms with van der Waals surface area (Å²) in [6.45, 7) is 4.46. The van der Waals surface area contributed by atoms with Gasteiger partial charge >= 0.3 is 0 Å². The molecule has 1 heterocycles. The highest BCUT2D eigenvalue weighted by molar-refractivity contribution is 7.13. The molecule has 0 saturated heterocycles. The standard InChI is InChI=1S/C10H18N2S/c1-3-5-6-9(4-2)12-10-11-7-8-13-10/h7-9H,3-6H2,1-2H3,(H,11,12). The highest BCUT2D eigenvalue weighted by atomic mass is 32.1. The van der Waals surface area contributed by atoms with Crippen LogP contribution in [0.1, 0.15) is 39.5 Å². The van der Waals surface area contributed by atoms with Gasteiger partial charge in [0.05, 0.1) is 0 Å². The van der Waals surface area contributed by atoms with Gasteiger partial charge in [-0.05, 0) is 12.8 Å². The van der Waals surface area contributed by atoms with Gasteiger partial charge in [-0.2, -0.15) is 0 Å². The maximum absolute atomic E-state index is 4.22. The number of hydrogen-bond acceptors (Lipinski definition) is 3. The van der Waals surface area contributed by atoms with Crippen molar-refractivity contribution in [1.82, 2.24) is 4.98 Å². The van der Waals surface area contributed by atoms with E-state index in [1.165, 1.54) is 25.7 Å². The van der Waals surface area contributed by atoms with E-state index >= 15 is 0 Å². The predicted octanol–water partition coefficient (Wildman–Crippen LogP) is 3.52. The number of rotatable bonds is 6. The largest absolute Gasteiger partial charge is 0.359 e. The zero-order chi connectivity index (χ0) is 9.52. The van der Waals surface area contributed by atoms with E-state index < -0.39 is 0 Å². The molecule has 0 radical (unpaired) electrons. The van der Waals surface area contributed by atoms with E-state index in [-0.39, 0.29) is 0 Å². The van der Waals surface area contributed by atoms with E-state index in [1.807, 2.05) is 11.6 Å². The van der Waals surface area contributed by atoms with Crippen molar-refractivity contribution in [3.05, 3.63) is 11.6 Å². The Labute approximate surface area is 84.4 Å². The maximum atomic E-state index is 4.22. The summed E-state index contributed by atoms with van der Waals surface area (Å²) in [5, 5.41) is 6.52. The number of nitrogens with one attached hydrogen (secondary N) is 1. The molecule has 1 rings (SSSR count). The van der Waals surface area contributed by atoms with Gasteiger partial charge < -0.3 is 5.32 Å². The highest BCUT2D eigenvalue weighted by Gasteiger charge is 2.05. The molecule has 0 amide bonds. The Morgan fingerprint density at radius 2 is 2.38 bits per heavy atom. The molecule has 0 spiro atoms. The fraction of sp³-hybridized carbons (Fsp3) is 0.700. The van der Waals surface area contributed by atoms with Crippen molar-refractivity contribution in [1.29, 1.82) is 0 Å². The molecule has 1 N–H and O–H groups in total. The zero-order valence-electron chi connectivity index (χ0n) is 8.42. The Kier molecular flexibility index (Phi) is 4.83. The van der Waals surface area contributed by atoms with Crippen LogP contribution in [0.25, 0.3) is 0 Å². The van der Waals surface area contributed by atoms with Crippen molar-refractivity contribution in [2.24, 2.45) is 0 Å². The van der Waals surface area contributed by atoms with Crippen molar-refractivity contribution in [2.45, 2.75) is 45.6 Å². The molecule has 1 unspecified atom stereocenters. The Balaban J connectivity index is 2.31. The summed E-state index contributed by atoms with van der Waals surface area (Å²) < 4.78 is 0. The Bertz CT molecular complexity index is 209. The number of aromatic nitrogens is 1. The molecule has 0 aromatic carbocycles. The Morgan fingerprint density at radius 1 is 1.54 bits per heavy atom. The van der Waals surface area contributed by atoms with Crippen LogP contribution < -0.4 is 5.32 Å². The summed E-state index contributed by atoms with van der Waals surface area (Å²) in [6, 6.07) is 0.603. The summed E-state index contributed by atoms with van der Waals surface area (Å²) in [6.07, 6.45) is 6.86. The van der Waals surface area contributed by atoms with Gasteiger partial charge in [0, 0.05) is 17.6 Å². The molecule has 74 valence electrons. The number of unbranched alkanes of at least 4 members (excludes halogenated alkanes) is 1. The minimum absolute atomic E-state index is 0.603. The fourth-order valence-electron chi connectivity index (χ4n) is 1.30. The van der Waals surface area contributed by atoms with E-state index in [4.69, 9.17) is 0 Å². The molecule has 0 bridgehead atoms. The lowest BCUT2D eigenvalue weighted by atomic mass is 10.1. The molecule has 13 heavy (non-hydrogen) atoms. The average molecular weight is 198 g/mol. The average Bonchev–Trinajstić information content (AvgIpc) is 2.64. The van der Waals surface area contributed by atoms with Gasteiger partial charge in [-0.15, -0.1) is 11.3 Å². The highest BCUT2D eigenvalue weighted by Crippen LogP contribution is 2.15. The Morgan fingerprint density at radius 3 is 2.92 bits per heavy atom. The monoisotopic (exact) mass is 198 g/mol. The van der Waals surface area contributed by atoms with Gasteiger partial charge in [-0.3, -0.25) is 0 Å². The van der Waals surface area contributed by atoms with Crippen molar-refractivity contribution >= 4 is 16.5 Å². The molecule has 1 atom stereocenters. The smallest absolute Gasteiger partial charge is 0.182 e. The Hall–Kier alpha value is -0.570. The first-order valence-corrected chi connectivity index (χ1v) is 5.90. The van der Waals surface area contributed by atoms with Crippen LogP contribution in [0.5, 0.6) is 0 Å². The lowest BCUT2D eigenvalue weighted by Gasteiger charge is -2.15. The lowest BCUT2D eigenvalue weighted by molar-refractivity contribution is 0.593. The predicted molar refractivity (Wildman–Crippen MR) is 59.3 cm³/mol. The molecular formula is C10H18N2S. The SMILES string of the molecule is CCCCC(CC)Nc1nccs1. The first-order chi connectivity index (χ1) is 6.36. The summed E-state index contributed by atoms with van der Waals surface area (Å²) in [7, 11) is 0. The number of hydrogen-bond donors (Lipinski definition) is 1. The second kappa shape index (κ2) is 5.97. The van der Waals surface area contributed by atoms with Crippen LogP contribution in [0.4, 0.5) is 5.13 Å². The van der Waals surface area contributed by atoms with Crippen LogP contribution in [0.2, 0.25) is 0 Å². The topological polar surface area (TPSA) is 24.9 Å². The second-order valence-electron chi connectivity index (χ2n) is 3.23. The molecule has 1 aromatic rings. The molecule has 0 aliphatic rings. The normalized spacial score (nSPS) is 12.8. The molecule has 1 aromatic heterocycles. The van der Waals surface area contributed by atoms with E-state index in [2.05, 4.69) is 24.1 Å². The van der Waals surface area contributed by atoms with Gasteiger partial charge in [0.1, 0.15) is 0 Å². The third-order valence-electron chi connectivity index (χ3n) is 2.16. The summed E-state index contributed by atoms with van der Waals surface area (Å²) in [5.41, 5.74) is 0. The van der Waals surface area contributed by atoms with Gasteiger partial charge in [0.15, 0.2) is 5.13 Å². The van der Waals surface area contributed by atoms with Crippen molar-refractivity contribution < 1.29 is 0 Å². The van der Waals surface area contributed by atoms with E-state index in [1.54, 1.807) is 11.3 Å². The number of thiazole rings is 1. The quantitative estimate of drug-likeness (QED) is 0.756. The van der Waals surface area contributed by atoms with Gasteiger partial charge in [0.2, 0.25) is 0 Å². The summed E-state index contributed by atoms with van der Waals surface area (Å²) in [5.74, 6) is 0. The molecule has 3 heteroatoms. The van der Waals surface area contributed by atoms with Crippen molar-refractivity contribution in [2.75, 3.05) is 5.32 Å². The molecule has 0 saturated carbocycles. The van der Waals surface area contributed by atoms with Crippen LogP contribution in [0.15, 0.2) is 11.6 Å². The maximum Gasteiger partial charge on any atom is 0.182 e. The van der Waals surface area contributed by atoms with Crippen LogP contribution >= 0.6 is 11.3 Å². The molecule has 0 aliphatic heterocycles. The van der Waals surface area contributed by atoms with Gasteiger partial charge in [-0.1, -0.05) is 26.7 Å². The zero-order valence-corrected chi connectivity index (χ0v) is 9.23. The molecule has 0 fully saturated rings. The minimum atomic E-state index is 0.603. The summed E-state index contributed by atoms with van der Waals surface area (Å²) in [4.78, 5) is 4.22. The van der Waals surface area contributed by atoms with Crippen LogP contribution in [0.3, 0.4) is 0 Å². The fourth-order valence-corrected chi connectivity index (χ4v) is 1.91. The lowest BCUT2D eigenvalue weighted by Crippen LogP contribution is -2.17. The van der Waals surface area contributed by atoms with Gasteiger partial charge in [0.25, 0.3) is 0 Å². The van der Waals surface area contributed by atoms with Crippen LogP contribution in [0, 0.1) is 0 Å². The summed E-state index contributed by atoms with van der Waals surface area (Å²) >= 11 is 1.68. The van der Waals surface area contributed by atoms with Crippen molar-refractivity contribution in [3.63, 3.8) is 0 Å². The van der Waals surface area contributed by atoms with E-state index in [0.29, 0.717) is 6.04 Å². The van der Waals surface area contributed by atoms with Gasteiger partial charge in [-0.25, -0.2) is 4.98 Å². The van der Waals surface area contributed by atoms with E-state index in [9.17, 15) is 0 Å². The molecule has 0 aliphatic carbocycles. The van der Waals surface area contributed by atoms with Crippen LogP contribution in [-0.4, -0.2) is 11.0 Å². The minimum Gasteiger partial charge on any atom is -0.359 e. The second-order valence-corrected chi connectivity index (χ2v) is 4.12. The van der Waals surface area contributed by atoms with Crippen LogP contribution in [-0.2, 0) is 0 Å². The first kappa shape index (κ1) is 10.5. The number of nitrogens with zero attached hydrogens (tertiary/aromatic N) is 1. The third-order valence-corrected chi connectivity index (χ3v) is 2.86. The third kappa shape index (κ3) is 3.77. The molecular weight excluding hydrogens is 180 g/mol. The first-order valence-electron chi connectivity index (χ1n) is 5.02. The number of anilines is 1. The molecule has 2 nitrogen and oxygen atoms in total. The van der Waals surface area contributed by atoms with Crippen molar-refractivity contribution in [3.8, 4) is 0 Å².